The van der Waals surface area contributed by atoms with Crippen LogP contribution in [0, 0.1) is 5.92 Å². The quantitative estimate of drug-likeness (QED) is 0.794. The number of hydrogen-bond acceptors (Lipinski definition) is 2. The molecule has 0 radical (unpaired) electrons. The van der Waals surface area contributed by atoms with E-state index >= 15 is 0 Å². The lowest BCUT2D eigenvalue weighted by Gasteiger charge is -2.10. The first-order chi connectivity index (χ1) is 7.41. The summed E-state index contributed by atoms with van der Waals surface area (Å²) in [6, 6.07) is 4.75. The van der Waals surface area contributed by atoms with Gasteiger partial charge in [-0.2, -0.15) is 0 Å². The smallest absolute Gasteiger partial charge is 0.335 e. The van der Waals surface area contributed by atoms with Crippen molar-refractivity contribution in [1.29, 1.82) is 0 Å². The SMILES string of the molecule is CC(=O)c1cc(C(=O)O)ccc1CC(C)C. The Hall–Kier alpha value is -1.64. The van der Waals surface area contributed by atoms with Gasteiger partial charge in [-0.25, -0.2) is 4.79 Å². The van der Waals surface area contributed by atoms with Crippen LogP contribution in [0.5, 0.6) is 0 Å². The summed E-state index contributed by atoms with van der Waals surface area (Å²) in [7, 11) is 0. The van der Waals surface area contributed by atoms with Gasteiger partial charge in [0.1, 0.15) is 0 Å². The highest BCUT2D eigenvalue weighted by atomic mass is 16.4. The Morgan fingerprint density at radius 2 is 1.94 bits per heavy atom. The molecule has 0 heterocycles. The number of rotatable bonds is 4. The van der Waals surface area contributed by atoms with E-state index in [1.807, 2.05) is 0 Å². The highest BCUT2D eigenvalue weighted by Crippen LogP contribution is 2.17. The fourth-order valence-electron chi connectivity index (χ4n) is 1.66. The first kappa shape index (κ1) is 12.4. The zero-order valence-corrected chi connectivity index (χ0v) is 9.78. The minimum absolute atomic E-state index is 0.0845. The number of carboxylic acids is 1. The third-order valence-corrected chi connectivity index (χ3v) is 2.36. The van der Waals surface area contributed by atoms with Gasteiger partial charge in [-0.3, -0.25) is 4.79 Å². The van der Waals surface area contributed by atoms with Crippen LogP contribution in [0.2, 0.25) is 0 Å². The Bertz CT molecular complexity index is 419. The summed E-state index contributed by atoms with van der Waals surface area (Å²) in [4.78, 5) is 22.2. The van der Waals surface area contributed by atoms with Gasteiger partial charge in [-0.05, 0) is 37.0 Å². The maximum absolute atomic E-state index is 11.4. The molecule has 1 rings (SSSR count). The van der Waals surface area contributed by atoms with E-state index in [-0.39, 0.29) is 11.3 Å². The number of carbonyl (C=O) groups is 2. The number of Topliss-reactive ketones (excluding diaryl/α,β-unsaturated/α-hetero) is 1. The third-order valence-electron chi connectivity index (χ3n) is 2.36. The second kappa shape index (κ2) is 4.92. The van der Waals surface area contributed by atoms with Crippen molar-refractivity contribution in [3.8, 4) is 0 Å². The van der Waals surface area contributed by atoms with E-state index in [1.54, 1.807) is 12.1 Å². The molecule has 0 aliphatic carbocycles. The third kappa shape index (κ3) is 2.92. The zero-order chi connectivity index (χ0) is 12.3. The number of benzene rings is 1. The molecule has 0 aliphatic rings. The Labute approximate surface area is 95.1 Å². The van der Waals surface area contributed by atoms with Crippen LogP contribution in [0.15, 0.2) is 18.2 Å². The van der Waals surface area contributed by atoms with Gasteiger partial charge in [0.25, 0.3) is 0 Å². The van der Waals surface area contributed by atoms with Crippen molar-refractivity contribution in [2.24, 2.45) is 5.92 Å². The second-order valence-corrected chi connectivity index (χ2v) is 4.33. The lowest BCUT2D eigenvalue weighted by atomic mass is 9.94. The fourth-order valence-corrected chi connectivity index (χ4v) is 1.66. The molecule has 0 saturated heterocycles. The first-order valence-electron chi connectivity index (χ1n) is 5.29. The molecule has 3 heteroatoms. The minimum atomic E-state index is -1.00. The van der Waals surface area contributed by atoms with Gasteiger partial charge in [-0.1, -0.05) is 19.9 Å². The maximum atomic E-state index is 11.4. The molecule has 1 aromatic rings. The monoisotopic (exact) mass is 220 g/mol. The maximum Gasteiger partial charge on any atom is 0.335 e. The van der Waals surface area contributed by atoms with Gasteiger partial charge in [0.05, 0.1) is 5.56 Å². The molecule has 1 N–H and O–H groups in total. The van der Waals surface area contributed by atoms with E-state index in [0.29, 0.717) is 11.5 Å². The molecule has 0 aliphatic heterocycles. The molecular weight excluding hydrogens is 204 g/mol. The van der Waals surface area contributed by atoms with Crippen molar-refractivity contribution in [1.82, 2.24) is 0 Å². The molecule has 0 atom stereocenters. The molecule has 86 valence electrons. The summed E-state index contributed by atoms with van der Waals surface area (Å²) in [5, 5.41) is 8.85. The van der Waals surface area contributed by atoms with Gasteiger partial charge in [0.2, 0.25) is 0 Å². The van der Waals surface area contributed by atoms with E-state index in [1.165, 1.54) is 13.0 Å². The predicted molar refractivity (Wildman–Crippen MR) is 61.9 cm³/mol. The predicted octanol–water partition coefficient (Wildman–Crippen LogP) is 2.79. The van der Waals surface area contributed by atoms with Crippen molar-refractivity contribution >= 4 is 11.8 Å². The van der Waals surface area contributed by atoms with Gasteiger partial charge < -0.3 is 5.11 Å². The summed E-state index contributed by atoms with van der Waals surface area (Å²) in [6.45, 7) is 5.59. The molecule has 0 spiro atoms. The van der Waals surface area contributed by atoms with E-state index in [4.69, 9.17) is 5.11 Å². The van der Waals surface area contributed by atoms with Crippen LogP contribution in [0.1, 0.15) is 47.1 Å². The Kier molecular flexibility index (Phi) is 3.82. The van der Waals surface area contributed by atoms with Crippen molar-refractivity contribution in [2.75, 3.05) is 0 Å². The number of carbonyl (C=O) groups excluding carboxylic acids is 1. The average molecular weight is 220 g/mol. The number of ketones is 1. The zero-order valence-electron chi connectivity index (χ0n) is 9.78. The van der Waals surface area contributed by atoms with Crippen LogP contribution in [0.3, 0.4) is 0 Å². The van der Waals surface area contributed by atoms with Gasteiger partial charge in [-0.15, -0.1) is 0 Å². The molecule has 1 aromatic carbocycles. The standard InChI is InChI=1S/C13H16O3/c1-8(2)6-10-4-5-11(13(15)16)7-12(10)9(3)14/h4-5,7-8H,6H2,1-3H3,(H,15,16). The largest absolute Gasteiger partial charge is 0.478 e. The molecule has 0 fully saturated rings. The van der Waals surface area contributed by atoms with Crippen LogP contribution < -0.4 is 0 Å². The first-order valence-corrected chi connectivity index (χ1v) is 5.29. The highest BCUT2D eigenvalue weighted by Gasteiger charge is 2.12. The molecule has 0 unspecified atom stereocenters. The Balaban J connectivity index is 3.19. The van der Waals surface area contributed by atoms with Crippen LogP contribution in [-0.4, -0.2) is 16.9 Å². The Morgan fingerprint density at radius 3 is 2.38 bits per heavy atom. The Morgan fingerprint density at radius 1 is 1.31 bits per heavy atom. The molecule has 3 nitrogen and oxygen atoms in total. The number of hydrogen-bond donors (Lipinski definition) is 1. The summed E-state index contributed by atoms with van der Waals surface area (Å²) in [5.74, 6) is -0.647. The summed E-state index contributed by atoms with van der Waals surface area (Å²) >= 11 is 0. The fraction of sp³-hybridized carbons (Fsp3) is 0.385. The summed E-state index contributed by atoms with van der Waals surface area (Å²) < 4.78 is 0. The summed E-state index contributed by atoms with van der Waals surface area (Å²) in [5.41, 5.74) is 1.61. The van der Waals surface area contributed by atoms with Gasteiger partial charge >= 0.3 is 5.97 Å². The van der Waals surface area contributed by atoms with Crippen molar-refractivity contribution in [3.63, 3.8) is 0 Å². The van der Waals surface area contributed by atoms with Crippen LogP contribution >= 0.6 is 0 Å². The lowest BCUT2D eigenvalue weighted by molar-refractivity contribution is 0.0697. The number of carboxylic acid groups (broad SMARTS) is 1. The normalized spacial score (nSPS) is 10.5. The van der Waals surface area contributed by atoms with E-state index in [9.17, 15) is 9.59 Å². The van der Waals surface area contributed by atoms with E-state index < -0.39 is 5.97 Å². The van der Waals surface area contributed by atoms with Crippen molar-refractivity contribution in [2.45, 2.75) is 27.2 Å². The molecule has 16 heavy (non-hydrogen) atoms. The van der Waals surface area contributed by atoms with Gasteiger partial charge in [0, 0.05) is 5.56 Å². The number of aromatic carboxylic acids is 1. The molecule has 0 aromatic heterocycles. The van der Waals surface area contributed by atoms with Crippen molar-refractivity contribution < 1.29 is 14.7 Å². The van der Waals surface area contributed by atoms with E-state index in [2.05, 4.69) is 13.8 Å². The highest BCUT2D eigenvalue weighted by molar-refractivity contribution is 5.98. The second-order valence-electron chi connectivity index (χ2n) is 4.33. The lowest BCUT2D eigenvalue weighted by Crippen LogP contribution is -2.06. The van der Waals surface area contributed by atoms with Crippen LogP contribution in [-0.2, 0) is 6.42 Å². The summed E-state index contributed by atoms with van der Waals surface area (Å²) in [6.07, 6.45) is 0.787. The van der Waals surface area contributed by atoms with E-state index in [0.717, 1.165) is 12.0 Å². The van der Waals surface area contributed by atoms with Crippen LogP contribution in [0.4, 0.5) is 0 Å². The topological polar surface area (TPSA) is 54.4 Å². The molecule has 0 saturated carbocycles. The molecular formula is C13H16O3. The average Bonchev–Trinajstić information content (AvgIpc) is 2.16. The van der Waals surface area contributed by atoms with Gasteiger partial charge in [0.15, 0.2) is 5.78 Å². The van der Waals surface area contributed by atoms with Crippen LogP contribution in [0.25, 0.3) is 0 Å². The van der Waals surface area contributed by atoms with Crippen molar-refractivity contribution in [3.05, 3.63) is 34.9 Å². The molecule has 0 amide bonds. The minimum Gasteiger partial charge on any atom is -0.478 e. The molecule has 0 bridgehead atoms.